The Labute approximate surface area is 160 Å². The number of amides is 2. The van der Waals surface area contributed by atoms with E-state index in [1.807, 2.05) is 24.3 Å². The van der Waals surface area contributed by atoms with E-state index in [4.69, 9.17) is 9.47 Å². The molecule has 0 saturated heterocycles. The number of esters is 1. The number of hydrogen-bond donors (Lipinski definition) is 2. The van der Waals surface area contributed by atoms with Gasteiger partial charge in [-0.1, -0.05) is 26.0 Å². The molecule has 6 heteroatoms. The lowest BCUT2D eigenvalue weighted by Crippen LogP contribution is -2.45. The molecule has 146 valence electrons. The lowest BCUT2D eigenvalue weighted by atomic mass is 9.80. The van der Waals surface area contributed by atoms with Crippen molar-refractivity contribution in [2.45, 2.75) is 52.2 Å². The number of carbonyl (C=O) groups excluding carboxylic acids is 2. The van der Waals surface area contributed by atoms with Gasteiger partial charge in [0.1, 0.15) is 11.9 Å². The molecule has 1 fully saturated rings. The van der Waals surface area contributed by atoms with Gasteiger partial charge in [-0.15, -0.1) is 0 Å². The van der Waals surface area contributed by atoms with Gasteiger partial charge < -0.3 is 20.1 Å². The standard InChI is InChI=1S/C21H28N2O4/c1-12-5-8-17(11-13(12)2)27-20(24)18-14(3)22-21(25)23-19(18)15-6-9-16(26-4)10-7-15/h6-7,9-10,12-13,17,19H,5,8,11H2,1-4H3,(H2,22,23,25)/t12-,13-,17-,19+/m0/s1. The highest BCUT2D eigenvalue weighted by atomic mass is 16.5. The van der Waals surface area contributed by atoms with Gasteiger partial charge in [0, 0.05) is 5.70 Å². The Morgan fingerprint density at radius 3 is 2.44 bits per heavy atom. The molecule has 0 radical (unpaired) electrons. The lowest BCUT2D eigenvalue weighted by molar-refractivity contribution is -0.147. The van der Waals surface area contributed by atoms with Crippen LogP contribution in [-0.4, -0.2) is 25.2 Å². The average Bonchev–Trinajstić information content (AvgIpc) is 2.64. The number of hydrogen-bond acceptors (Lipinski definition) is 4. The van der Waals surface area contributed by atoms with E-state index in [0.29, 0.717) is 28.9 Å². The number of allylic oxidation sites excluding steroid dienone is 1. The largest absolute Gasteiger partial charge is 0.497 e. The zero-order valence-corrected chi connectivity index (χ0v) is 16.4. The molecular weight excluding hydrogens is 344 g/mol. The molecule has 1 saturated carbocycles. The van der Waals surface area contributed by atoms with Crippen LogP contribution in [0.25, 0.3) is 0 Å². The van der Waals surface area contributed by atoms with Crippen molar-refractivity contribution in [1.82, 2.24) is 10.6 Å². The zero-order chi connectivity index (χ0) is 19.6. The molecule has 1 heterocycles. The van der Waals surface area contributed by atoms with Gasteiger partial charge in [0.25, 0.3) is 0 Å². The molecule has 2 N–H and O–H groups in total. The van der Waals surface area contributed by atoms with E-state index in [1.54, 1.807) is 14.0 Å². The normalized spacial score (nSPS) is 28.2. The van der Waals surface area contributed by atoms with Crippen molar-refractivity contribution in [3.63, 3.8) is 0 Å². The summed E-state index contributed by atoms with van der Waals surface area (Å²) >= 11 is 0. The van der Waals surface area contributed by atoms with Crippen LogP contribution in [0.4, 0.5) is 4.79 Å². The zero-order valence-electron chi connectivity index (χ0n) is 16.4. The van der Waals surface area contributed by atoms with Crippen molar-refractivity contribution in [3.05, 3.63) is 41.1 Å². The molecule has 0 spiro atoms. The van der Waals surface area contributed by atoms with E-state index >= 15 is 0 Å². The molecule has 2 aliphatic rings. The minimum atomic E-state index is -0.544. The fourth-order valence-electron chi connectivity index (χ4n) is 3.83. The topological polar surface area (TPSA) is 76.7 Å². The monoisotopic (exact) mass is 372 g/mol. The van der Waals surface area contributed by atoms with Crippen molar-refractivity contribution in [2.24, 2.45) is 11.8 Å². The summed E-state index contributed by atoms with van der Waals surface area (Å²) in [7, 11) is 1.60. The van der Waals surface area contributed by atoms with Gasteiger partial charge in [0.05, 0.1) is 18.7 Å². The molecule has 0 bridgehead atoms. The first kappa shape index (κ1) is 19.3. The van der Waals surface area contributed by atoms with Crippen molar-refractivity contribution in [3.8, 4) is 5.75 Å². The number of rotatable bonds is 4. The minimum Gasteiger partial charge on any atom is -0.497 e. The number of methoxy groups -OCH3 is 1. The van der Waals surface area contributed by atoms with Crippen LogP contribution >= 0.6 is 0 Å². The quantitative estimate of drug-likeness (QED) is 0.790. The highest BCUT2D eigenvalue weighted by Gasteiger charge is 2.34. The van der Waals surface area contributed by atoms with E-state index in [1.165, 1.54) is 0 Å². The molecule has 1 aromatic rings. The Morgan fingerprint density at radius 1 is 1.11 bits per heavy atom. The summed E-state index contributed by atoms with van der Waals surface area (Å²) in [6.45, 7) is 6.19. The summed E-state index contributed by atoms with van der Waals surface area (Å²) in [6, 6.07) is 6.44. The molecule has 6 nitrogen and oxygen atoms in total. The number of benzene rings is 1. The molecule has 4 atom stereocenters. The second-order valence-electron chi connectivity index (χ2n) is 7.64. The molecule has 27 heavy (non-hydrogen) atoms. The summed E-state index contributed by atoms with van der Waals surface area (Å²) in [5.41, 5.74) is 1.79. The van der Waals surface area contributed by atoms with Crippen LogP contribution in [0.5, 0.6) is 5.75 Å². The second kappa shape index (κ2) is 8.03. The van der Waals surface area contributed by atoms with E-state index in [0.717, 1.165) is 24.8 Å². The first-order valence-electron chi connectivity index (χ1n) is 9.52. The molecule has 0 aromatic heterocycles. The van der Waals surface area contributed by atoms with E-state index < -0.39 is 6.04 Å². The van der Waals surface area contributed by atoms with Gasteiger partial charge in [-0.05, 0) is 55.7 Å². The molecule has 3 rings (SSSR count). The predicted molar refractivity (Wildman–Crippen MR) is 102 cm³/mol. The number of carbonyl (C=O) groups is 2. The van der Waals surface area contributed by atoms with Crippen LogP contribution < -0.4 is 15.4 Å². The maximum atomic E-state index is 13.0. The molecular formula is C21H28N2O4. The summed E-state index contributed by atoms with van der Waals surface area (Å²) in [5, 5.41) is 5.52. The maximum absolute atomic E-state index is 13.0. The molecule has 1 aliphatic carbocycles. The molecule has 0 unspecified atom stereocenters. The summed E-state index contributed by atoms with van der Waals surface area (Å²) < 4.78 is 11.0. The third-order valence-corrected chi connectivity index (χ3v) is 5.76. The van der Waals surface area contributed by atoms with Crippen molar-refractivity contribution in [1.29, 1.82) is 0 Å². The highest BCUT2D eigenvalue weighted by Crippen LogP contribution is 2.33. The average molecular weight is 372 g/mol. The Balaban J connectivity index is 1.81. The smallest absolute Gasteiger partial charge is 0.338 e. The lowest BCUT2D eigenvalue weighted by Gasteiger charge is -2.33. The Hall–Kier alpha value is -2.50. The Morgan fingerprint density at radius 2 is 1.81 bits per heavy atom. The Bertz CT molecular complexity index is 741. The van der Waals surface area contributed by atoms with E-state index in [9.17, 15) is 9.59 Å². The fraction of sp³-hybridized carbons (Fsp3) is 0.524. The molecule has 2 amide bonds. The number of nitrogens with one attached hydrogen (secondary N) is 2. The van der Waals surface area contributed by atoms with Crippen molar-refractivity contribution in [2.75, 3.05) is 7.11 Å². The van der Waals surface area contributed by atoms with Crippen molar-refractivity contribution < 1.29 is 19.1 Å². The van der Waals surface area contributed by atoms with Gasteiger partial charge in [-0.3, -0.25) is 0 Å². The van der Waals surface area contributed by atoms with Crippen LogP contribution in [0.2, 0.25) is 0 Å². The predicted octanol–water partition coefficient (Wildman–Crippen LogP) is 3.69. The number of urea groups is 1. The second-order valence-corrected chi connectivity index (χ2v) is 7.64. The first-order valence-corrected chi connectivity index (χ1v) is 9.52. The van der Waals surface area contributed by atoms with Gasteiger partial charge in [0.15, 0.2) is 0 Å². The summed E-state index contributed by atoms with van der Waals surface area (Å²) in [4.78, 5) is 25.0. The van der Waals surface area contributed by atoms with Gasteiger partial charge in [0.2, 0.25) is 0 Å². The first-order chi connectivity index (χ1) is 12.9. The third-order valence-electron chi connectivity index (χ3n) is 5.76. The summed E-state index contributed by atoms with van der Waals surface area (Å²) in [5.74, 6) is 1.54. The molecule has 1 aliphatic heterocycles. The van der Waals surface area contributed by atoms with Gasteiger partial charge >= 0.3 is 12.0 Å². The van der Waals surface area contributed by atoms with Crippen LogP contribution in [-0.2, 0) is 9.53 Å². The minimum absolute atomic E-state index is 0.0712. The summed E-state index contributed by atoms with van der Waals surface area (Å²) in [6.07, 6.45) is 2.76. The van der Waals surface area contributed by atoms with Crippen LogP contribution in [0.3, 0.4) is 0 Å². The maximum Gasteiger partial charge on any atom is 0.338 e. The molecule has 1 aromatic carbocycles. The SMILES string of the molecule is COc1ccc([C@H]2NC(=O)NC(C)=C2C(=O)O[C@H]2CC[C@H](C)[C@@H](C)C2)cc1. The van der Waals surface area contributed by atoms with Crippen molar-refractivity contribution >= 4 is 12.0 Å². The fourth-order valence-corrected chi connectivity index (χ4v) is 3.83. The van der Waals surface area contributed by atoms with Crippen LogP contribution in [0, 0.1) is 11.8 Å². The van der Waals surface area contributed by atoms with Gasteiger partial charge in [-0.25, -0.2) is 9.59 Å². The van der Waals surface area contributed by atoms with E-state index in [2.05, 4.69) is 24.5 Å². The Kier molecular flexibility index (Phi) is 5.73. The van der Waals surface area contributed by atoms with Gasteiger partial charge in [-0.2, -0.15) is 0 Å². The number of ether oxygens (including phenoxy) is 2. The highest BCUT2D eigenvalue weighted by molar-refractivity contribution is 5.95. The van der Waals surface area contributed by atoms with Crippen LogP contribution in [0.1, 0.15) is 51.6 Å². The van der Waals surface area contributed by atoms with Crippen LogP contribution in [0.15, 0.2) is 35.5 Å². The third kappa shape index (κ3) is 4.26. The van der Waals surface area contributed by atoms with E-state index in [-0.39, 0.29) is 18.1 Å².